The van der Waals surface area contributed by atoms with Gasteiger partial charge in [0.05, 0.1) is 29.0 Å². The highest BCUT2D eigenvalue weighted by Crippen LogP contribution is 2.39. The first-order chi connectivity index (χ1) is 9.20. The van der Waals surface area contributed by atoms with Crippen molar-refractivity contribution in [2.45, 2.75) is 71.3 Å². The van der Waals surface area contributed by atoms with Gasteiger partial charge in [0.25, 0.3) is 0 Å². The van der Waals surface area contributed by atoms with Crippen LogP contribution >= 0.6 is 0 Å². The maximum atomic E-state index is 6.12. The zero-order chi connectivity index (χ0) is 15.0. The summed E-state index contributed by atoms with van der Waals surface area (Å²) < 4.78 is 11.9. The molecule has 0 bridgehead atoms. The van der Waals surface area contributed by atoms with Crippen molar-refractivity contribution in [2.24, 2.45) is 0 Å². The van der Waals surface area contributed by atoms with Crippen LogP contribution < -0.4 is 10.1 Å². The SMILES string of the molecule is CC(C)Oc1ncccc1NC1CC(C)(C)OC1(C)C. The summed E-state index contributed by atoms with van der Waals surface area (Å²) in [5, 5.41) is 3.55. The largest absolute Gasteiger partial charge is 0.473 e. The van der Waals surface area contributed by atoms with Crippen LogP contribution in [0.15, 0.2) is 18.3 Å². The van der Waals surface area contributed by atoms with Gasteiger partial charge in [0, 0.05) is 6.20 Å². The molecule has 4 heteroatoms. The number of pyridine rings is 1. The number of rotatable bonds is 4. The van der Waals surface area contributed by atoms with E-state index in [0.717, 1.165) is 12.1 Å². The second-order valence-corrected chi connectivity index (χ2v) is 6.89. The van der Waals surface area contributed by atoms with E-state index >= 15 is 0 Å². The van der Waals surface area contributed by atoms with E-state index in [2.05, 4.69) is 38.0 Å². The first kappa shape index (κ1) is 15.1. The maximum Gasteiger partial charge on any atom is 0.237 e. The lowest BCUT2D eigenvalue weighted by molar-refractivity contribution is -0.0662. The molecule has 1 N–H and O–H groups in total. The van der Waals surface area contributed by atoms with Gasteiger partial charge in [0.1, 0.15) is 0 Å². The highest BCUT2D eigenvalue weighted by molar-refractivity contribution is 5.53. The van der Waals surface area contributed by atoms with Crippen molar-refractivity contribution >= 4 is 5.69 Å². The summed E-state index contributed by atoms with van der Waals surface area (Å²) in [6.45, 7) is 12.5. The van der Waals surface area contributed by atoms with Crippen molar-refractivity contribution in [3.63, 3.8) is 0 Å². The van der Waals surface area contributed by atoms with Gasteiger partial charge in [-0.2, -0.15) is 0 Å². The quantitative estimate of drug-likeness (QED) is 0.913. The second kappa shape index (κ2) is 5.24. The van der Waals surface area contributed by atoms with E-state index in [1.165, 1.54) is 0 Å². The predicted octanol–water partition coefficient (Wildman–Crippen LogP) is 3.63. The standard InChI is InChI=1S/C16H26N2O2/c1-11(2)19-14-12(8-7-9-17-14)18-13-10-15(3,4)20-16(13,5)6/h7-9,11,13,18H,10H2,1-6H3. The second-order valence-electron chi connectivity index (χ2n) is 6.89. The number of hydrogen-bond acceptors (Lipinski definition) is 4. The smallest absolute Gasteiger partial charge is 0.237 e. The molecule has 4 nitrogen and oxygen atoms in total. The zero-order valence-corrected chi connectivity index (χ0v) is 13.4. The van der Waals surface area contributed by atoms with E-state index in [-0.39, 0.29) is 23.3 Å². The highest BCUT2D eigenvalue weighted by Gasteiger charge is 2.46. The van der Waals surface area contributed by atoms with Gasteiger partial charge >= 0.3 is 0 Å². The number of nitrogens with zero attached hydrogens (tertiary/aromatic N) is 1. The van der Waals surface area contributed by atoms with Crippen LogP contribution in [0.1, 0.15) is 48.0 Å². The first-order valence-corrected chi connectivity index (χ1v) is 7.28. The Bertz CT molecular complexity index is 469. The minimum atomic E-state index is -0.214. The number of hydrogen-bond donors (Lipinski definition) is 1. The van der Waals surface area contributed by atoms with Crippen molar-refractivity contribution in [3.05, 3.63) is 18.3 Å². The predicted molar refractivity (Wildman–Crippen MR) is 81.3 cm³/mol. The fraction of sp³-hybridized carbons (Fsp3) is 0.688. The molecule has 1 aliphatic rings. The molecule has 1 unspecified atom stereocenters. The molecule has 0 spiro atoms. The Morgan fingerprint density at radius 2 is 2.05 bits per heavy atom. The summed E-state index contributed by atoms with van der Waals surface area (Å²) in [6, 6.07) is 4.16. The molecule has 1 aromatic heterocycles. The molecule has 0 amide bonds. The van der Waals surface area contributed by atoms with Gasteiger partial charge in [-0.25, -0.2) is 4.98 Å². The van der Waals surface area contributed by atoms with Crippen LogP contribution in [0.5, 0.6) is 5.88 Å². The minimum absolute atomic E-state index is 0.106. The molecular formula is C16H26N2O2. The normalized spacial score (nSPS) is 23.9. The molecule has 112 valence electrons. The van der Waals surface area contributed by atoms with Crippen LogP contribution in [0.25, 0.3) is 0 Å². The third-order valence-electron chi connectivity index (χ3n) is 3.52. The zero-order valence-electron chi connectivity index (χ0n) is 13.4. The van der Waals surface area contributed by atoms with Crippen molar-refractivity contribution < 1.29 is 9.47 Å². The number of aromatic nitrogens is 1. The Balaban J connectivity index is 2.18. The average Bonchev–Trinajstić information content (AvgIpc) is 2.48. The van der Waals surface area contributed by atoms with E-state index in [1.807, 2.05) is 26.0 Å². The van der Waals surface area contributed by atoms with E-state index in [1.54, 1.807) is 6.20 Å². The molecule has 1 aromatic rings. The third kappa shape index (κ3) is 3.42. The summed E-state index contributed by atoms with van der Waals surface area (Å²) in [4.78, 5) is 4.32. The molecule has 1 atom stereocenters. The number of ether oxygens (including phenoxy) is 2. The van der Waals surface area contributed by atoms with E-state index in [0.29, 0.717) is 5.88 Å². The molecule has 0 aromatic carbocycles. The Labute approximate surface area is 121 Å². The number of anilines is 1. The summed E-state index contributed by atoms with van der Waals surface area (Å²) in [7, 11) is 0. The van der Waals surface area contributed by atoms with Crippen molar-refractivity contribution in [1.82, 2.24) is 4.98 Å². The molecule has 0 radical (unpaired) electrons. The Morgan fingerprint density at radius 3 is 2.60 bits per heavy atom. The van der Waals surface area contributed by atoms with Crippen molar-refractivity contribution in [2.75, 3.05) is 5.32 Å². The van der Waals surface area contributed by atoms with Gasteiger partial charge in [0.15, 0.2) is 0 Å². The number of nitrogens with one attached hydrogen (secondary N) is 1. The molecule has 2 heterocycles. The maximum absolute atomic E-state index is 6.12. The Hall–Kier alpha value is -1.29. The molecule has 2 rings (SSSR count). The van der Waals surface area contributed by atoms with E-state index in [4.69, 9.17) is 9.47 Å². The van der Waals surface area contributed by atoms with Gasteiger partial charge < -0.3 is 14.8 Å². The fourth-order valence-electron chi connectivity index (χ4n) is 2.79. The molecule has 20 heavy (non-hydrogen) atoms. The van der Waals surface area contributed by atoms with E-state index in [9.17, 15) is 0 Å². The molecule has 0 saturated carbocycles. The van der Waals surface area contributed by atoms with Crippen molar-refractivity contribution in [3.8, 4) is 5.88 Å². The molecule has 1 fully saturated rings. The lowest BCUT2D eigenvalue weighted by atomic mass is 9.94. The van der Waals surface area contributed by atoms with Gasteiger partial charge in [-0.15, -0.1) is 0 Å². The lowest BCUT2D eigenvalue weighted by Gasteiger charge is -2.28. The van der Waals surface area contributed by atoms with E-state index < -0.39 is 0 Å². The first-order valence-electron chi connectivity index (χ1n) is 7.28. The summed E-state index contributed by atoms with van der Waals surface area (Å²) in [5.41, 5.74) is 0.609. The molecular weight excluding hydrogens is 252 g/mol. The fourth-order valence-corrected chi connectivity index (χ4v) is 2.79. The third-order valence-corrected chi connectivity index (χ3v) is 3.52. The molecule has 1 saturated heterocycles. The average molecular weight is 278 g/mol. The van der Waals surface area contributed by atoms with Crippen LogP contribution in [-0.4, -0.2) is 28.3 Å². The molecule has 0 aliphatic carbocycles. The van der Waals surface area contributed by atoms with Gasteiger partial charge in [-0.3, -0.25) is 0 Å². The molecule has 1 aliphatic heterocycles. The summed E-state index contributed by atoms with van der Waals surface area (Å²) in [6.07, 6.45) is 2.81. The lowest BCUT2D eigenvalue weighted by Crippen LogP contribution is -2.38. The topological polar surface area (TPSA) is 43.4 Å². The van der Waals surface area contributed by atoms with Crippen LogP contribution in [0.2, 0.25) is 0 Å². The van der Waals surface area contributed by atoms with Gasteiger partial charge in [-0.1, -0.05) is 0 Å². The van der Waals surface area contributed by atoms with Crippen molar-refractivity contribution in [1.29, 1.82) is 0 Å². The Morgan fingerprint density at radius 1 is 1.35 bits per heavy atom. The van der Waals surface area contributed by atoms with Gasteiger partial charge in [-0.05, 0) is 60.1 Å². The van der Waals surface area contributed by atoms with Crippen LogP contribution in [0.3, 0.4) is 0 Å². The van der Waals surface area contributed by atoms with Crippen LogP contribution in [0.4, 0.5) is 5.69 Å². The summed E-state index contributed by atoms with van der Waals surface area (Å²) in [5.74, 6) is 0.656. The highest BCUT2D eigenvalue weighted by atomic mass is 16.5. The summed E-state index contributed by atoms with van der Waals surface area (Å²) >= 11 is 0. The minimum Gasteiger partial charge on any atom is -0.473 e. The van der Waals surface area contributed by atoms with Crippen LogP contribution in [0, 0.1) is 0 Å². The Kier molecular flexibility index (Phi) is 3.96. The van der Waals surface area contributed by atoms with Gasteiger partial charge in [0.2, 0.25) is 5.88 Å². The van der Waals surface area contributed by atoms with Crippen LogP contribution in [-0.2, 0) is 4.74 Å². The monoisotopic (exact) mass is 278 g/mol.